The van der Waals surface area contributed by atoms with Gasteiger partial charge in [-0.25, -0.2) is 9.59 Å². The molecule has 1 fully saturated rings. The molecule has 7 heteroatoms. The topological polar surface area (TPSA) is 90.2 Å². The molecular weight excluding hydrogens is 412 g/mol. The highest BCUT2D eigenvalue weighted by atomic mass is 32.2. The lowest BCUT2D eigenvalue weighted by molar-refractivity contribution is -0.134. The van der Waals surface area contributed by atoms with Crippen molar-refractivity contribution in [1.29, 1.82) is 0 Å². The molecule has 0 aromatic heterocycles. The van der Waals surface area contributed by atoms with Crippen molar-refractivity contribution >= 4 is 29.5 Å². The molecular formula is C24H26N2O4S. The van der Waals surface area contributed by atoms with Crippen LogP contribution in [-0.4, -0.2) is 51.2 Å². The molecule has 2 aliphatic heterocycles. The van der Waals surface area contributed by atoms with Gasteiger partial charge in [-0.1, -0.05) is 60.7 Å². The van der Waals surface area contributed by atoms with Crippen molar-refractivity contribution in [3.8, 4) is 0 Å². The molecule has 2 aromatic carbocycles. The number of carboxylic acids is 2. The number of hydrogen-bond acceptors (Lipinski definition) is 5. The fourth-order valence-corrected chi connectivity index (χ4v) is 4.88. The second-order valence-corrected chi connectivity index (χ2v) is 8.49. The molecule has 1 saturated heterocycles. The molecule has 2 N–H and O–H groups in total. The summed E-state index contributed by atoms with van der Waals surface area (Å²) in [5.41, 5.74) is 2.76. The summed E-state index contributed by atoms with van der Waals surface area (Å²) in [4.78, 5) is 26.7. The lowest BCUT2D eigenvalue weighted by atomic mass is 10.1. The van der Waals surface area contributed by atoms with Crippen LogP contribution in [0.3, 0.4) is 0 Å². The normalized spacial score (nSPS) is 19.9. The Hall–Kier alpha value is -3.06. The predicted octanol–water partition coefficient (Wildman–Crippen LogP) is 4.25. The Balaban J connectivity index is 0.000000293. The quantitative estimate of drug-likeness (QED) is 0.656. The molecule has 2 atom stereocenters. The number of carbonyl (C=O) groups is 2. The zero-order valence-corrected chi connectivity index (χ0v) is 17.9. The highest BCUT2D eigenvalue weighted by Gasteiger charge is 2.34. The van der Waals surface area contributed by atoms with Crippen LogP contribution in [0.15, 0.2) is 77.8 Å². The van der Waals surface area contributed by atoms with E-state index in [1.807, 2.05) is 0 Å². The van der Waals surface area contributed by atoms with E-state index in [2.05, 4.69) is 77.3 Å². The first kappa shape index (κ1) is 22.6. The molecule has 0 saturated carbocycles. The molecule has 2 aromatic rings. The predicted molar refractivity (Wildman–Crippen MR) is 123 cm³/mol. The number of nitrogens with zero attached hydrogens (tertiary/aromatic N) is 2. The van der Waals surface area contributed by atoms with E-state index in [0.29, 0.717) is 23.4 Å². The van der Waals surface area contributed by atoms with E-state index < -0.39 is 11.9 Å². The number of benzene rings is 2. The number of fused-ring (bicyclic) bond motifs is 1. The summed E-state index contributed by atoms with van der Waals surface area (Å²) in [7, 11) is 0. The lowest BCUT2D eigenvalue weighted by Crippen LogP contribution is -2.40. The van der Waals surface area contributed by atoms with Gasteiger partial charge in [-0.3, -0.25) is 4.99 Å². The van der Waals surface area contributed by atoms with Gasteiger partial charge in [0.2, 0.25) is 0 Å². The number of carboxylic acid groups (broad SMARTS) is 2. The number of aliphatic carboxylic acids is 2. The fourth-order valence-electron chi connectivity index (χ4n) is 3.60. The maximum Gasteiger partial charge on any atom is 0.328 e. The first-order valence-corrected chi connectivity index (χ1v) is 11.2. The van der Waals surface area contributed by atoms with Gasteiger partial charge in [0.15, 0.2) is 0 Å². The van der Waals surface area contributed by atoms with Crippen LogP contribution in [0, 0.1) is 0 Å². The van der Waals surface area contributed by atoms with Crippen molar-refractivity contribution in [1.82, 2.24) is 4.90 Å². The van der Waals surface area contributed by atoms with Gasteiger partial charge in [-0.05, 0) is 24.0 Å². The third-order valence-corrected chi connectivity index (χ3v) is 6.38. The van der Waals surface area contributed by atoms with Crippen molar-refractivity contribution in [3.05, 3.63) is 83.9 Å². The monoisotopic (exact) mass is 438 g/mol. The number of piperidine rings is 1. The van der Waals surface area contributed by atoms with Gasteiger partial charge in [0.05, 0.1) is 11.3 Å². The van der Waals surface area contributed by atoms with Crippen molar-refractivity contribution in [2.45, 2.75) is 29.9 Å². The third kappa shape index (κ3) is 7.00. The van der Waals surface area contributed by atoms with Crippen LogP contribution in [0.2, 0.25) is 0 Å². The highest BCUT2D eigenvalue weighted by molar-refractivity contribution is 7.99. The molecule has 0 amide bonds. The molecule has 6 nitrogen and oxygen atoms in total. The Kier molecular flexibility index (Phi) is 8.29. The second kappa shape index (κ2) is 11.4. The number of amidine groups is 1. The maximum atomic E-state index is 9.55. The maximum absolute atomic E-state index is 9.55. The average molecular weight is 439 g/mol. The van der Waals surface area contributed by atoms with Crippen LogP contribution in [0.4, 0.5) is 0 Å². The molecule has 4 rings (SSSR count). The van der Waals surface area contributed by atoms with Crippen LogP contribution in [0.25, 0.3) is 0 Å². The van der Waals surface area contributed by atoms with E-state index in [1.54, 1.807) is 0 Å². The minimum absolute atomic E-state index is 0.323. The minimum atomic E-state index is -1.26. The SMILES string of the molecule is O=C(O)/C=C/C(=O)O.c1ccc(CSC2CCCN3CC(c4ccccc4)N=C23)cc1. The summed E-state index contributed by atoms with van der Waals surface area (Å²) in [6, 6.07) is 21.8. The smallest absolute Gasteiger partial charge is 0.328 e. The van der Waals surface area contributed by atoms with Crippen molar-refractivity contribution in [2.75, 3.05) is 13.1 Å². The number of hydrogen-bond donors (Lipinski definition) is 2. The zero-order chi connectivity index (χ0) is 22.1. The minimum Gasteiger partial charge on any atom is -0.478 e. The van der Waals surface area contributed by atoms with Crippen LogP contribution < -0.4 is 0 Å². The highest BCUT2D eigenvalue weighted by Crippen LogP contribution is 2.34. The molecule has 2 heterocycles. The molecule has 31 heavy (non-hydrogen) atoms. The number of rotatable bonds is 6. The van der Waals surface area contributed by atoms with Gasteiger partial charge in [0.1, 0.15) is 5.84 Å². The second-order valence-electron chi connectivity index (χ2n) is 7.30. The first-order valence-electron chi connectivity index (χ1n) is 10.2. The Bertz CT molecular complexity index is 915. The van der Waals surface area contributed by atoms with E-state index in [4.69, 9.17) is 15.2 Å². The molecule has 2 unspecified atom stereocenters. The van der Waals surface area contributed by atoms with Crippen LogP contribution >= 0.6 is 11.8 Å². The number of aliphatic imine (C=N–C) groups is 1. The van der Waals surface area contributed by atoms with Crippen LogP contribution in [0.1, 0.15) is 30.0 Å². The van der Waals surface area contributed by atoms with E-state index in [1.165, 1.54) is 36.3 Å². The van der Waals surface area contributed by atoms with Gasteiger partial charge in [-0.2, -0.15) is 0 Å². The first-order chi connectivity index (χ1) is 15.0. The van der Waals surface area contributed by atoms with Gasteiger partial charge in [0, 0.05) is 31.0 Å². The van der Waals surface area contributed by atoms with Crippen molar-refractivity contribution in [3.63, 3.8) is 0 Å². The Labute approximate surface area is 186 Å². The summed E-state index contributed by atoms with van der Waals surface area (Å²) >= 11 is 2.05. The molecule has 2 aliphatic rings. The van der Waals surface area contributed by atoms with Gasteiger partial charge in [-0.15, -0.1) is 11.8 Å². The van der Waals surface area contributed by atoms with E-state index in [9.17, 15) is 9.59 Å². The van der Waals surface area contributed by atoms with Crippen molar-refractivity contribution < 1.29 is 19.8 Å². The standard InChI is InChI=1S/C20H22N2S.C4H4O4/c1-3-8-16(9-4-1)15-23-19-12-7-13-22-14-18(21-20(19)22)17-10-5-2-6-11-17;5-3(6)1-2-4(7)8/h1-6,8-11,18-19H,7,12-15H2;1-2H,(H,5,6)(H,7,8)/b;2-1+. The zero-order valence-electron chi connectivity index (χ0n) is 17.1. The molecule has 0 radical (unpaired) electrons. The fraction of sp³-hybridized carbons (Fsp3) is 0.292. The summed E-state index contributed by atoms with van der Waals surface area (Å²) in [6.07, 6.45) is 3.66. The largest absolute Gasteiger partial charge is 0.478 e. The lowest BCUT2D eigenvalue weighted by Gasteiger charge is -2.31. The van der Waals surface area contributed by atoms with Crippen LogP contribution in [-0.2, 0) is 15.3 Å². The molecule has 162 valence electrons. The Morgan fingerprint density at radius 2 is 1.61 bits per heavy atom. The molecule has 0 aliphatic carbocycles. The van der Waals surface area contributed by atoms with Gasteiger partial charge >= 0.3 is 11.9 Å². The van der Waals surface area contributed by atoms with Crippen molar-refractivity contribution in [2.24, 2.45) is 4.99 Å². The van der Waals surface area contributed by atoms with E-state index in [-0.39, 0.29) is 0 Å². The Morgan fingerprint density at radius 3 is 2.23 bits per heavy atom. The molecule has 0 bridgehead atoms. The average Bonchev–Trinajstić information content (AvgIpc) is 3.23. The summed E-state index contributed by atoms with van der Waals surface area (Å²) in [5.74, 6) is -0.0974. The van der Waals surface area contributed by atoms with Crippen LogP contribution in [0.5, 0.6) is 0 Å². The molecule has 0 spiro atoms. The number of thioether (sulfide) groups is 1. The van der Waals surface area contributed by atoms with E-state index in [0.717, 1.165) is 12.3 Å². The third-order valence-electron chi connectivity index (χ3n) is 5.03. The van der Waals surface area contributed by atoms with Gasteiger partial charge < -0.3 is 15.1 Å². The summed E-state index contributed by atoms with van der Waals surface area (Å²) in [6.45, 7) is 2.23. The van der Waals surface area contributed by atoms with Gasteiger partial charge in [0.25, 0.3) is 0 Å². The Morgan fingerprint density at radius 1 is 1.00 bits per heavy atom. The van der Waals surface area contributed by atoms with E-state index >= 15 is 0 Å². The summed E-state index contributed by atoms with van der Waals surface area (Å²) < 4.78 is 0. The summed E-state index contributed by atoms with van der Waals surface area (Å²) in [5, 5.41) is 16.2.